The van der Waals surface area contributed by atoms with Gasteiger partial charge in [-0.2, -0.15) is 0 Å². The molecule has 1 aromatic heterocycles. The van der Waals surface area contributed by atoms with Crippen LogP contribution >= 0.6 is 0 Å². The van der Waals surface area contributed by atoms with E-state index in [0.717, 1.165) is 16.5 Å². The molecule has 8 nitrogen and oxygen atoms in total. The fourth-order valence-corrected chi connectivity index (χ4v) is 3.06. The second-order valence-electron chi connectivity index (χ2n) is 8.25. The van der Waals surface area contributed by atoms with Crippen LogP contribution in [-0.4, -0.2) is 33.3 Å². The standard InChI is InChI=1S/C23H27N3O5/c1-23(2,3)31-22(29)26-13-16(18-6-4-5-7-20(18)26)12-19(24)21(28)25-30-14-15-8-10-17(27)11-9-15/h4-11,13,19,27H,12,14,24H2,1-3H3,(H,25,28). The van der Waals surface area contributed by atoms with Crippen molar-refractivity contribution < 1.29 is 24.3 Å². The van der Waals surface area contributed by atoms with E-state index in [9.17, 15) is 14.7 Å². The molecule has 1 heterocycles. The number of nitrogens with zero attached hydrogens (tertiary/aromatic N) is 1. The van der Waals surface area contributed by atoms with E-state index in [0.29, 0.717) is 5.52 Å². The van der Waals surface area contributed by atoms with Crippen molar-refractivity contribution in [2.75, 3.05) is 0 Å². The minimum Gasteiger partial charge on any atom is -0.508 e. The number of hydrogen-bond acceptors (Lipinski definition) is 6. The van der Waals surface area contributed by atoms with Crippen LogP contribution in [0.3, 0.4) is 0 Å². The highest BCUT2D eigenvalue weighted by atomic mass is 16.6. The van der Waals surface area contributed by atoms with Crippen LogP contribution in [0.25, 0.3) is 10.9 Å². The van der Waals surface area contributed by atoms with Gasteiger partial charge in [0.2, 0.25) is 0 Å². The van der Waals surface area contributed by atoms with Crippen molar-refractivity contribution in [1.82, 2.24) is 10.0 Å². The van der Waals surface area contributed by atoms with Gasteiger partial charge in [-0.05, 0) is 56.5 Å². The van der Waals surface area contributed by atoms with Gasteiger partial charge >= 0.3 is 6.09 Å². The average molecular weight is 425 g/mol. The highest BCUT2D eigenvalue weighted by Gasteiger charge is 2.22. The molecule has 3 aromatic rings. The predicted molar refractivity (Wildman–Crippen MR) is 116 cm³/mol. The van der Waals surface area contributed by atoms with Gasteiger partial charge in [0, 0.05) is 11.6 Å². The van der Waals surface area contributed by atoms with E-state index in [1.54, 1.807) is 39.1 Å². The third-order valence-corrected chi connectivity index (χ3v) is 4.51. The van der Waals surface area contributed by atoms with Crippen LogP contribution in [0.15, 0.2) is 54.7 Å². The summed E-state index contributed by atoms with van der Waals surface area (Å²) < 4.78 is 6.91. The molecule has 31 heavy (non-hydrogen) atoms. The van der Waals surface area contributed by atoms with Gasteiger partial charge in [-0.3, -0.25) is 14.2 Å². The van der Waals surface area contributed by atoms with E-state index in [1.807, 2.05) is 24.3 Å². The number of ether oxygens (including phenoxy) is 1. The third-order valence-electron chi connectivity index (χ3n) is 4.51. The molecule has 164 valence electrons. The third kappa shape index (κ3) is 5.84. The van der Waals surface area contributed by atoms with E-state index in [1.165, 1.54) is 16.7 Å². The lowest BCUT2D eigenvalue weighted by atomic mass is 10.1. The number of amides is 1. The molecule has 0 aliphatic rings. The number of phenols is 1. The number of nitrogens with one attached hydrogen (secondary N) is 1. The predicted octanol–water partition coefficient (Wildman–Crippen LogP) is 3.25. The molecular formula is C23H27N3O5. The number of benzene rings is 2. The summed E-state index contributed by atoms with van der Waals surface area (Å²) >= 11 is 0. The van der Waals surface area contributed by atoms with Crippen LogP contribution in [0.4, 0.5) is 4.79 Å². The molecule has 4 N–H and O–H groups in total. The maximum atomic E-state index is 12.6. The number of fused-ring (bicyclic) bond motifs is 1. The summed E-state index contributed by atoms with van der Waals surface area (Å²) in [5.41, 5.74) is 10.0. The van der Waals surface area contributed by atoms with E-state index in [-0.39, 0.29) is 18.8 Å². The Morgan fingerprint density at radius 3 is 2.48 bits per heavy atom. The number of nitrogens with two attached hydrogens (primary N) is 1. The quantitative estimate of drug-likeness (QED) is 0.522. The minimum atomic E-state index is -0.877. The van der Waals surface area contributed by atoms with Crippen LogP contribution in [-0.2, 0) is 27.4 Å². The van der Waals surface area contributed by atoms with Gasteiger partial charge in [0.15, 0.2) is 0 Å². The normalized spacial score (nSPS) is 12.5. The van der Waals surface area contributed by atoms with Crippen molar-refractivity contribution in [2.45, 2.75) is 45.4 Å². The maximum Gasteiger partial charge on any atom is 0.419 e. The van der Waals surface area contributed by atoms with Crippen LogP contribution in [0.1, 0.15) is 31.9 Å². The van der Waals surface area contributed by atoms with Crippen molar-refractivity contribution in [2.24, 2.45) is 5.73 Å². The molecule has 1 amide bonds. The number of phenolic OH excluding ortho intramolecular Hbond substituents is 1. The zero-order valence-electron chi connectivity index (χ0n) is 17.8. The highest BCUT2D eigenvalue weighted by Crippen LogP contribution is 2.24. The van der Waals surface area contributed by atoms with Crippen molar-refractivity contribution in [3.63, 3.8) is 0 Å². The molecule has 2 aromatic carbocycles. The number of hydrogen-bond donors (Lipinski definition) is 3. The summed E-state index contributed by atoms with van der Waals surface area (Å²) in [5, 5.41) is 10.1. The van der Waals surface area contributed by atoms with Crippen molar-refractivity contribution in [3.8, 4) is 5.75 Å². The fraction of sp³-hybridized carbons (Fsp3) is 0.304. The van der Waals surface area contributed by atoms with Gasteiger partial charge in [-0.1, -0.05) is 30.3 Å². The van der Waals surface area contributed by atoms with Gasteiger partial charge in [0.05, 0.1) is 18.2 Å². The first-order valence-electron chi connectivity index (χ1n) is 9.91. The monoisotopic (exact) mass is 425 g/mol. The summed E-state index contributed by atoms with van der Waals surface area (Å²) in [7, 11) is 0. The van der Waals surface area contributed by atoms with Crippen LogP contribution in [0, 0.1) is 0 Å². The molecule has 0 bridgehead atoms. The number of aromatic hydroxyl groups is 1. The molecule has 0 saturated carbocycles. The largest absolute Gasteiger partial charge is 0.508 e. The van der Waals surface area contributed by atoms with E-state index in [4.69, 9.17) is 15.3 Å². The first-order valence-corrected chi connectivity index (χ1v) is 9.91. The Bertz CT molecular complexity index is 1070. The second-order valence-corrected chi connectivity index (χ2v) is 8.25. The van der Waals surface area contributed by atoms with E-state index < -0.39 is 23.6 Å². The molecule has 0 fully saturated rings. The molecule has 1 unspecified atom stereocenters. The molecule has 0 aliphatic heterocycles. The summed E-state index contributed by atoms with van der Waals surface area (Å²) in [6.07, 6.45) is 1.37. The van der Waals surface area contributed by atoms with E-state index in [2.05, 4.69) is 5.48 Å². The second kappa shape index (κ2) is 9.20. The fourth-order valence-electron chi connectivity index (χ4n) is 3.06. The minimum absolute atomic E-state index is 0.136. The van der Waals surface area contributed by atoms with Gasteiger partial charge in [-0.15, -0.1) is 0 Å². The maximum absolute atomic E-state index is 12.6. The summed E-state index contributed by atoms with van der Waals surface area (Å²) in [6.45, 7) is 5.54. The molecule has 3 rings (SSSR count). The molecule has 0 aliphatic carbocycles. The summed E-state index contributed by atoms with van der Waals surface area (Å²) in [6, 6.07) is 12.9. The molecule has 0 spiro atoms. The lowest BCUT2D eigenvalue weighted by molar-refractivity contribution is -0.135. The number of carbonyl (C=O) groups excluding carboxylic acids is 2. The Morgan fingerprint density at radius 2 is 1.81 bits per heavy atom. The van der Waals surface area contributed by atoms with Gasteiger partial charge < -0.3 is 15.6 Å². The van der Waals surface area contributed by atoms with Crippen molar-refractivity contribution in [3.05, 3.63) is 65.9 Å². The van der Waals surface area contributed by atoms with Crippen LogP contribution < -0.4 is 11.2 Å². The smallest absolute Gasteiger partial charge is 0.419 e. The Balaban J connectivity index is 1.67. The van der Waals surface area contributed by atoms with Crippen LogP contribution in [0.2, 0.25) is 0 Å². The van der Waals surface area contributed by atoms with Crippen molar-refractivity contribution >= 4 is 22.9 Å². The molecular weight excluding hydrogens is 398 g/mol. The first-order chi connectivity index (χ1) is 14.6. The number of para-hydroxylation sites is 1. The first kappa shape index (κ1) is 22.3. The zero-order valence-corrected chi connectivity index (χ0v) is 17.8. The van der Waals surface area contributed by atoms with Gasteiger partial charge in [0.1, 0.15) is 11.4 Å². The summed E-state index contributed by atoms with van der Waals surface area (Å²) in [4.78, 5) is 30.2. The zero-order chi connectivity index (χ0) is 22.6. The van der Waals surface area contributed by atoms with E-state index >= 15 is 0 Å². The molecule has 0 saturated heterocycles. The SMILES string of the molecule is CC(C)(C)OC(=O)n1cc(CC(N)C(=O)NOCc2ccc(O)cc2)c2ccccc21. The van der Waals surface area contributed by atoms with Crippen LogP contribution in [0.5, 0.6) is 5.75 Å². The number of hydroxylamine groups is 1. The molecule has 0 radical (unpaired) electrons. The van der Waals surface area contributed by atoms with Gasteiger partial charge in [-0.25, -0.2) is 10.3 Å². The molecule has 8 heteroatoms. The van der Waals surface area contributed by atoms with Crippen molar-refractivity contribution in [1.29, 1.82) is 0 Å². The number of rotatable bonds is 6. The lowest BCUT2D eigenvalue weighted by Crippen LogP contribution is -2.41. The lowest BCUT2D eigenvalue weighted by Gasteiger charge is -2.19. The Kier molecular flexibility index (Phi) is 6.62. The van der Waals surface area contributed by atoms with Gasteiger partial charge in [0.25, 0.3) is 5.91 Å². The topological polar surface area (TPSA) is 116 Å². The Labute approximate surface area is 180 Å². The number of carbonyl (C=O) groups is 2. The Morgan fingerprint density at radius 1 is 1.13 bits per heavy atom. The summed E-state index contributed by atoms with van der Waals surface area (Å²) in [5.74, 6) is -0.326. The average Bonchev–Trinajstić information content (AvgIpc) is 3.07. The Hall–Kier alpha value is -3.36. The highest BCUT2D eigenvalue weighted by molar-refractivity contribution is 5.92. The number of aromatic nitrogens is 1. The molecule has 1 atom stereocenters.